The SMILES string of the molecule is COC(=O)c1ccc(C(=O)O)cc1C1=C2C=CC(=[N+]3C(O)(O)C(O)(O)C3(O)O)C=C2C(C)(C)c2cc(N3C(O)(O)C(O)(O)C3(O)O)ccc21. The third kappa shape index (κ3) is 4.04. The molecule has 2 heterocycles. The lowest BCUT2D eigenvalue weighted by atomic mass is 9.63. The van der Waals surface area contributed by atoms with Gasteiger partial charge in [-0.3, -0.25) is 4.90 Å². The van der Waals surface area contributed by atoms with Gasteiger partial charge in [0.2, 0.25) is 5.71 Å². The van der Waals surface area contributed by atoms with Crippen LogP contribution in [-0.4, -0.2) is 131 Å². The Bertz CT molecular complexity index is 1960. The summed E-state index contributed by atoms with van der Waals surface area (Å²) in [5, 5.41) is 133. The monoisotopic (exact) mass is 687 g/mol. The Morgan fingerprint density at radius 3 is 1.90 bits per heavy atom. The minimum atomic E-state index is -3.84. The number of fused-ring (bicyclic) bond motifs is 2. The highest BCUT2D eigenvalue weighted by Crippen LogP contribution is 2.54. The number of hydrogen-bond acceptors (Lipinski definition) is 16. The molecule has 0 radical (unpaired) electrons. The molecule has 2 saturated heterocycles. The normalized spacial score (nSPS) is 24.2. The van der Waals surface area contributed by atoms with Crippen molar-refractivity contribution in [3.8, 4) is 0 Å². The Morgan fingerprint density at radius 2 is 1.35 bits per heavy atom. The van der Waals surface area contributed by atoms with Crippen LogP contribution < -0.4 is 4.90 Å². The minimum Gasteiger partial charge on any atom is -0.478 e. The number of hydrogen-bond donors (Lipinski definition) is 13. The van der Waals surface area contributed by atoms with Crippen LogP contribution in [0.25, 0.3) is 5.57 Å². The molecule has 2 aliphatic carbocycles. The number of rotatable bonds is 4. The van der Waals surface area contributed by atoms with Crippen LogP contribution in [0.5, 0.6) is 0 Å². The Morgan fingerprint density at radius 1 is 0.755 bits per heavy atom. The molecule has 0 unspecified atom stereocenters. The second-order valence-electron chi connectivity index (χ2n) is 12.6. The van der Waals surface area contributed by atoms with Crippen molar-refractivity contribution >= 4 is 28.9 Å². The molecule has 13 N–H and O–H groups in total. The molecule has 2 aromatic rings. The van der Waals surface area contributed by atoms with E-state index in [9.17, 15) is 76.0 Å². The molecule has 4 aliphatic rings. The molecule has 0 amide bonds. The van der Waals surface area contributed by atoms with Crippen molar-refractivity contribution in [2.75, 3.05) is 12.0 Å². The molecule has 18 nitrogen and oxygen atoms in total. The maximum absolute atomic E-state index is 13.0. The number of ether oxygens (including phenoxy) is 1. The van der Waals surface area contributed by atoms with Crippen LogP contribution in [0.3, 0.4) is 0 Å². The zero-order chi connectivity index (χ0) is 36.7. The number of benzene rings is 2. The number of allylic oxidation sites excluding steroid dienone is 5. The molecule has 2 aromatic carbocycles. The Balaban J connectivity index is 1.69. The highest BCUT2D eigenvalue weighted by Gasteiger charge is 2.90. The number of esters is 1. The van der Waals surface area contributed by atoms with Gasteiger partial charge in [0.1, 0.15) is 0 Å². The molecule has 2 aliphatic heterocycles. The lowest BCUT2D eigenvalue weighted by molar-refractivity contribution is -0.953. The van der Waals surface area contributed by atoms with Gasteiger partial charge in [-0.05, 0) is 69.8 Å². The maximum Gasteiger partial charge on any atom is 0.456 e. The van der Waals surface area contributed by atoms with E-state index in [-0.39, 0.29) is 54.0 Å². The van der Waals surface area contributed by atoms with E-state index in [2.05, 4.69) is 0 Å². The summed E-state index contributed by atoms with van der Waals surface area (Å²) in [7, 11) is 1.09. The Kier molecular flexibility index (Phi) is 6.93. The van der Waals surface area contributed by atoms with Gasteiger partial charge in [-0.15, -0.1) is 4.58 Å². The predicted octanol–water partition coefficient (Wildman–Crippen LogP) is -4.04. The number of carboxylic acids is 1. The van der Waals surface area contributed by atoms with Crippen LogP contribution in [-0.2, 0) is 10.2 Å². The first kappa shape index (κ1) is 34.5. The number of carboxylic acid groups (broad SMARTS) is 1. The average molecular weight is 688 g/mol. The van der Waals surface area contributed by atoms with Gasteiger partial charge in [0, 0.05) is 23.3 Å². The zero-order valence-electron chi connectivity index (χ0n) is 25.6. The van der Waals surface area contributed by atoms with E-state index in [4.69, 9.17) is 4.74 Å². The number of aromatic carboxylic acids is 1. The summed E-state index contributed by atoms with van der Waals surface area (Å²) in [6, 6.07) is 7.23. The minimum absolute atomic E-state index is 0.00210. The number of anilines is 1. The van der Waals surface area contributed by atoms with Crippen molar-refractivity contribution in [1.29, 1.82) is 0 Å². The van der Waals surface area contributed by atoms with Gasteiger partial charge >= 0.3 is 47.2 Å². The predicted molar refractivity (Wildman–Crippen MR) is 158 cm³/mol. The van der Waals surface area contributed by atoms with E-state index in [1.165, 1.54) is 36.4 Å². The van der Waals surface area contributed by atoms with E-state index in [1.807, 2.05) is 0 Å². The standard InChI is InChI=1S/C31H30N2O16/c1-25(2)20-11-14(32-28(41,42)26(37,38)29(32,43)44)5-8-17(20)22(19-10-13(23(34)35)4-7-16(19)24(36)49-3)18-9-6-15(12-21(18)25)33-30(45,46)27(39,40)31(33,47)48/h4-12,37-48H,1-3H3/p+1. The number of nitrogens with zero attached hydrogens (tertiary/aromatic N) is 2. The first-order valence-corrected chi connectivity index (χ1v) is 14.2. The van der Waals surface area contributed by atoms with Gasteiger partial charge in [-0.1, -0.05) is 19.9 Å². The summed E-state index contributed by atoms with van der Waals surface area (Å²) in [5.41, 5.74) is -1.45. The molecule has 0 atom stereocenters. The number of aliphatic hydroxyl groups is 12. The summed E-state index contributed by atoms with van der Waals surface area (Å²) in [4.78, 5) is 25.1. The molecule has 18 heteroatoms. The number of methoxy groups -OCH3 is 1. The van der Waals surface area contributed by atoms with Crippen molar-refractivity contribution < 1.29 is 85.3 Å². The fourth-order valence-corrected chi connectivity index (χ4v) is 6.69. The Hall–Kier alpha value is -4.41. The molecule has 2 fully saturated rings. The second-order valence-corrected chi connectivity index (χ2v) is 12.6. The van der Waals surface area contributed by atoms with Crippen molar-refractivity contribution in [3.63, 3.8) is 0 Å². The molecule has 49 heavy (non-hydrogen) atoms. The quantitative estimate of drug-likeness (QED) is 0.0827. The van der Waals surface area contributed by atoms with Crippen molar-refractivity contribution in [3.05, 3.63) is 93.6 Å². The molecule has 260 valence electrons. The molecule has 0 aromatic heterocycles. The van der Waals surface area contributed by atoms with E-state index >= 15 is 0 Å². The van der Waals surface area contributed by atoms with Crippen LogP contribution in [0.15, 0.2) is 65.8 Å². The fourth-order valence-electron chi connectivity index (χ4n) is 6.69. The van der Waals surface area contributed by atoms with Gasteiger partial charge in [0.25, 0.3) is 0 Å². The van der Waals surface area contributed by atoms with E-state index < -0.39 is 64.0 Å². The number of carbonyl (C=O) groups is 2. The molecule has 0 bridgehead atoms. The molecule has 6 rings (SSSR count). The van der Waals surface area contributed by atoms with Gasteiger partial charge < -0.3 is 71.1 Å². The summed E-state index contributed by atoms with van der Waals surface area (Å²) in [6.45, 7) is 3.18. The molecular weight excluding hydrogens is 656 g/mol. The van der Waals surface area contributed by atoms with Gasteiger partial charge in [0.05, 0.1) is 18.2 Å². The second kappa shape index (κ2) is 9.85. The largest absolute Gasteiger partial charge is 0.478 e. The zero-order valence-corrected chi connectivity index (χ0v) is 25.6. The van der Waals surface area contributed by atoms with Crippen LogP contribution >= 0.6 is 0 Å². The maximum atomic E-state index is 13.0. The first-order valence-electron chi connectivity index (χ1n) is 14.2. The highest BCUT2D eigenvalue weighted by atomic mass is 16.7. The van der Waals surface area contributed by atoms with Crippen molar-refractivity contribution in [2.45, 2.75) is 54.5 Å². The summed E-state index contributed by atoms with van der Waals surface area (Å²) in [5.74, 6) is -24.5. The fraction of sp³-hybridized carbons (Fsp3) is 0.323. The molecular formula is C31H31N2O16+. The summed E-state index contributed by atoms with van der Waals surface area (Å²) < 4.78 is 5.01. The van der Waals surface area contributed by atoms with Gasteiger partial charge in [-0.2, -0.15) is 0 Å². The summed E-state index contributed by atoms with van der Waals surface area (Å²) in [6.07, 6.45) is 3.68. The lowest BCUT2D eigenvalue weighted by Crippen LogP contribution is -2.92. The van der Waals surface area contributed by atoms with Gasteiger partial charge in [0.15, 0.2) is 0 Å². The van der Waals surface area contributed by atoms with E-state index in [0.717, 1.165) is 25.3 Å². The molecule has 0 spiro atoms. The van der Waals surface area contributed by atoms with Crippen LogP contribution in [0.2, 0.25) is 0 Å². The van der Waals surface area contributed by atoms with Crippen molar-refractivity contribution in [1.82, 2.24) is 0 Å². The third-order valence-electron chi connectivity index (χ3n) is 9.47. The smallest absolute Gasteiger partial charge is 0.456 e. The average Bonchev–Trinajstić information content (AvgIpc) is 3.00. The van der Waals surface area contributed by atoms with Crippen LogP contribution in [0.4, 0.5) is 5.69 Å². The van der Waals surface area contributed by atoms with E-state index in [1.54, 1.807) is 13.8 Å². The topological polar surface area (TPSA) is 313 Å². The Labute approximate surface area is 274 Å². The third-order valence-corrected chi connectivity index (χ3v) is 9.47. The lowest BCUT2D eigenvalue weighted by Gasteiger charge is -2.61. The van der Waals surface area contributed by atoms with E-state index in [0.29, 0.717) is 0 Å². The number of carbonyl (C=O) groups excluding carboxylic acids is 1. The van der Waals surface area contributed by atoms with Crippen LogP contribution in [0, 0.1) is 0 Å². The first-order chi connectivity index (χ1) is 22.3. The van der Waals surface area contributed by atoms with Crippen LogP contribution in [0.1, 0.15) is 51.3 Å². The molecule has 0 saturated carbocycles. The summed E-state index contributed by atoms with van der Waals surface area (Å²) >= 11 is 0. The highest BCUT2D eigenvalue weighted by molar-refractivity contribution is 6.09. The van der Waals surface area contributed by atoms with Crippen molar-refractivity contribution in [2.24, 2.45) is 0 Å². The van der Waals surface area contributed by atoms with Gasteiger partial charge in [-0.25, -0.2) is 9.59 Å².